The average molecular weight is 473 g/mol. The van der Waals surface area contributed by atoms with Crippen LogP contribution in [-0.4, -0.2) is 24.1 Å². The fourth-order valence-electron chi connectivity index (χ4n) is 4.42. The molecule has 1 fully saturated rings. The molecule has 2 heterocycles. The van der Waals surface area contributed by atoms with Crippen molar-refractivity contribution in [1.29, 1.82) is 5.26 Å². The molecule has 5 rings (SSSR count). The Kier molecular flexibility index (Phi) is 5.97. The smallest absolute Gasteiger partial charge is 0.100 e. The minimum Gasteiger partial charge on any atom is -0.344 e. The largest absolute Gasteiger partial charge is 0.344 e. The van der Waals surface area contributed by atoms with Gasteiger partial charge in [-0.15, -0.1) is 0 Å². The van der Waals surface area contributed by atoms with Crippen molar-refractivity contribution in [2.75, 3.05) is 29.0 Å². The van der Waals surface area contributed by atoms with Gasteiger partial charge in [0.15, 0.2) is 0 Å². The first kappa shape index (κ1) is 21.8. The first-order valence-corrected chi connectivity index (χ1v) is 12.3. The molecule has 2 aliphatic rings. The van der Waals surface area contributed by atoms with Crippen LogP contribution in [0.3, 0.4) is 0 Å². The zero-order valence-corrected chi connectivity index (χ0v) is 20.3. The molecule has 33 heavy (non-hydrogen) atoms. The summed E-state index contributed by atoms with van der Waals surface area (Å²) in [5, 5.41) is 12.1. The quantitative estimate of drug-likeness (QED) is 0.424. The van der Waals surface area contributed by atoms with Crippen molar-refractivity contribution in [2.45, 2.75) is 19.9 Å². The molecule has 0 spiro atoms. The molecule has 0 radical (unpaired) electrons. The lowest BCUT2D eigenvalue weighted by atomic mass is 9.96. The van der Waals surface area contributed by atoms with E-state index < -0.39 is 0 Å². The van der Waals surface area contributed by atoms with E-state index in [1.807, 2.05) is 24.3 Å². The van der Waals surface area contributed by atoms with Crippen molar-refractivity contribution in [1.82, 2.24) is 4.90 Å². The van der Waals surface area contributed by atoms with E-state index in [0.717, 1.165) is 34.4 Å². The number of anilines is 2. The Morgan fingerprint density at radius 2 is 1.42 bits per heavy atom. The molecular weight excluding hydrogens is 448 g/mol. The van der Waals surface area contributed by atoms with Gasteiger partial charge in [0.25, 0.3) is 0 Å². The Labute approximate surface area is 204 Å². The highest BCUT2D eigenvalue weighted by atomic mass is 35.5. The molecule has 1 saturated heterocycles. The average Bonchev–Trinajstić information content (AvgIpc) is 2.84. The first-order valence-electron chi connectivity index (χ1n) is 11.0. The van der Waals surface area contributed by atoms with E-state index in [2.05, 4.69) is 83.1 Å². The Balaban J connectivity index is 1.56. The van der Waals surface area contributed by atoms with E-state index in [1.165, 1.54) is 16.8 Å². The summed E-state index contributed by atoms with van der Waals surface area (Å²) < 4.78 is 0. The lowest BCUT2D eigenvalue weighted by molar-refractivity contribution is 0.326. The zero-order valence-electron chi connectivity index (χ0n) is 18.7. The van der Waals surface area contributed by atoms with E-state index in [4.69, 9.17) is 11.6 Å². The molecule has 166 valence electrons. The third-order valence-corrected chi connectivity index (χ3v) is 7.64. The molecular formula is C27H25ClN4S. The standard InChI is InChI=1S/C27H25ClN4S/c1-19-3-11-23(12-4-19)31-16-30-17-32(24-13-5-20(2)6-14-24)26(21-7-9-22(28)10-8-21)25(15-29)27(30)33-18-31/h3-14,26H,16-18H2,1-2H3. The predicted molar refractivity (Wildman–Crippen MR) is 138 cm³/mol. The highest BCUT2D eigenvalue weighted by Gasteiger charge is 2.38. The highest BCUT2D eigenvalue weighted by molar-refractivity contribution is 8.03. The van der Waals surface area contributed by atoms with E-state index >= 15 is 0 Å². The third kappa shape index (κ3) is 4.29. The van der Waals surface area contributed by atoms with Gasteiger partial charge in [0.1, 0.15) is 6.07 Å². The minimum absolute atomic E-state index is 0.153. The summed E-state index contributed by atoms with van der Waals surface area (Å²) in [5.41, 5.74) is 6.64. The van der Waals surface area contributed by atoms with Crippen molar-refractivity contribution < 1.29 is 0 Å². The fraction of sp³-hybridized carbons (Fsp3) is 0.222. The van der Waals surface area contributed by atoms with Gasteiger partial charge in [0, 0.05) is 16.4 Å². The second kappa shape index (κ2) is 9.05. The number of halogens is 1. The second-order valence-electron chi connectivity index (χ2n) is 8.56. The molecule has 0 bridgehead atoms. The van der Waals surface area contributed by atoms with Gasteiger partial charge in [-0.05, 0) is 55.8 Å². The number of hydrogen-bond donors (Lipinski definition) is 0. The van der Waals surface area contributed by atoms with E-state index in [9.17, 15) is 5.26 Å². The Morgan fingerprint density at radius 1 is 0.818 bits per heavy atom. The van der Waals surface area contributed by atoms with Crippen molar-refractivity contribution in [2.24, 2.45) is 0 Å². The van der Waals surface area contributed by atoms with Gasteiger partial charge in [-0.3, -0.25) is 0 Å². The number of fused-ring (bicyclic) bond motifs is 1. The van der Waals surface area contributed by atoms with E-state index in [0.29, 0.717) is 11.7 Å². The van der Waals surface area contributed by atoms with Gasteiger partial charge in [-0.25, -0.2) is 0 Å². The van der Waals surface area contributed by atoms with Crippen molar-refractivity contribution >= 4 is 34.7 Å². The van der Waals surface area contributed by atoms with E-state index in [-0.39, 0.29) is 6.04 Å². The van der Waals surface area contributed by atoms with Crippen molar-refractivity contribution in [3.05, 3.63) is 105 Å². The van der Waals surface area contributed by atoms with Gasteiger partial charge >= 0.3 is 0 Å². The van der Waals surface area contributed by atoms with Gasteiger partial charge in [-0.1, -0.05) is 70.9 Å². The van der Waals surface area contributed by atoms with Gasteiger partial charge < -0.3 is 14.7 Å². The number of thioether (sulfide) groups is 1. The molecule has 1 unspecified atom stereocenters. The summed E-state index contributed by atoms with van der Waals surface area (Å²) in [7, 11) is 0. The first-order chi connectivity index (χ1) is 16.0. The molecule has 0 aromatic heterocycles. The molecule has 3 aromatic rings. The van der Waals surface area contributed by atoms with Crippen LogP contribution in [0.25, 0.3) is 0 Å². The van der Waals surface area contributed by atoms with Crippen molar-refractivity contribution in [3.63, 3.8) is 0 Å². The topological polar surface area (TPSA) is 33.5 Å². The van der Waals surface area contributed by atoms with Crippen LogP contribution in [0.5, 0.6) is 0 Å². The van der Waals surface area contributed by atoms with Crippen LogP contribution in [0.15, 0.2) is 83.4 Å². The number of hydrogen-bond acceptors (Lipinski definition) is 5. The Hall–Kier alpha value is -3.07. The summed E-state index contributed by atoms with van der Waals surface area (Å²) in [6, 6.07) is 27.5. The molecule has 0 amide bonds. The molecule has 6 heteroatoms. The summed E-state index contributed by atoms with van der Waals surface area (Å²) >= 11 is 7.92. The summed E-state index contributed by atoms with van der Waals surface area (Å²) in [6.45, 7) is 5.64. The van der Waals surface area contributed by atoms with Crippen LogP contribution in [0.2, 0.25) is 5.02 Å². The minimum atomic E-state index is -0.153. The predicted octanol–water partition coefficient (Wildman–Crippen LogP) is 6.68. The molecule has 0 saturated carbocycles. The zero-order chi connectivity index (χ0) is 22.9. The Bertz CT molecular complexity index is 1210. The van der Waals surface area contributed by atoms with Crippen LogP contribution in [0, 0.1) is 25.2 Å². The normalized spacial score (nSPS) is 18.2. The molecule has 4 nitrogen and oxygen atoms in total. The van der Waals surface area contributed by atoms with Gasteiger partial charge in [-0.2, -0.15) is 5.26 Å². The highest BCUT2D eigenvalue weighted by Crippen LogP contribution is 2.44. The number of nitriles is 1. The summed E-state index contributed by atoms with van der Waals surface area (Å²) in [5.74, 6) is 0.817. The van der Waals surface area contributed by atoms with Gasteiger partial charge in [0.05, 0.1) is 35.9 Å². The van der Waals surface area contributed by atoms with Gasteiger partial charge in [0.2, 0.25) is 0 Å². The number of nitrogens with zero attached hydrogens (tertiary/aromatic N) is 4. The van der Waals surface area contributed by atoms with E-state index in [1.54, 1.807) is 11.8 Å². The van der Waals surface area contributed by atoms with Crippen LogP contribution in [0.1, 0.15) is 22.7 Å². The Morgan fingerprint density at radius 3 is 2.03 bits per heavy atom. The van der Waals surface area contributed by atoms with Crippen LogP contribution < -0.4 is 9.80 Å². The summed E-state index contributed by atoms with van der Waals surface area (Å²) in [4.78, 5) is 7.00. The van der Waals surface area contributed by atoms with Crippen LogP contribution >= 0.6 is 23.4 Å². The maximum Gasteiger partial charge on any atom is 0.100 e. The second-order valence-corrected chi connectivity index (χ2v) is 9.93. The summed E-state index contributed by atoms with van der Waals surface area (Å²) in [6.07, 6.45) is 0. The van der Waals surface area contributed by atoms with Crippen molar-refractivity contribution in [3.8, 4) is 6.07 Å². The lowest BCUT2D eigenvalue weighted by Crippen LogP contribution is -2.51. The molecule has 3 aromatic carbocycles. The monoisotopic (exact) mass is 472 g/mol. The molecule has 1 atom stereocenters. The molecule has 0 N–H and O–H groups in total. The molecule has 2 aliphatic heterocycles. The number of rotatable bonds is 3. The maximum absolute atomic E-state index is 10.3. The fourth-order valence-corrected chi connectivity index (χ4v) is 5.66. The molecule has 0 aliphatic carbocycles. The third-order valence-electron chi connectivity index (χ3n) is 6.20. The van der Waals surface area contributed by atoms with Crippen LogP contribution in [0.4, 0.5) is 11.4 Å². The number of aryl methyl sites for hydroxylation is 2. The van der Waals surface area contributed by atoms with Crippen LogP contribution in [-0.2, 0) is 0 Å². The number of benzene rings is 3. The lowest BCUT2D eigenvalue weighted by Gasteiger charge is -2.48. The SMILES string of the molecule is Cc1ccc(N2CSC3=C(C#N)C(c4ccc(Cl)cc4)N(c4ccc(C)cc4)CN3C2)cc1. The maximum atomic E-state index is 10.3.